The maximum absolute atomic E-state index is 6.08. The number of halogens is 1. The minimum Gasteiger partial charge on any atom is -0.457 e. The van der Waals surface area contributed by atoms with Gasteiger partial charge < -0.3 is 19.4 Å². The van der Waals surface area contributed by atoms with Crippen LogP contribution in [-0.2, 0) is 10.3 Å². The van der Waals surface area contributed by atoms with E-state index in [1.54, 1.807) is 13.0 Å². The minimum atomic E-state index is -0.784. The third-order valence-electron chi connectivity index (χ3n) is 2.39. The van der Waals surface area contributed by atoms with Crippen LogP contribution in [0, 0.1) is 0 Å². The average Bonchev–Trinajstić information content (AvgIpc) is 2.94. The van der Waals surface area contributed by atoms with Gasteiger partial charge >= 0.3 is 0 Å². The van der Waals surface area contributed by atoms with E-state index in [0.717, 1.165) is 0 Å². The van der Waals surface area contributed by atoms with Crippen LogP contribution in [0.1, 0.15) is 19.7 Å². The van der Waals surface area contributed by atoms with E-state index in [1.165, 1.54) is 6.26 Å². The molecule has 0 saturated heterocycles. The van der Waals surface area contributed by atoms with E-state index in [4.69, 9.17) is 19.4 Å². The number of aromatic nitrogens is 2. The Morgan fingerprint density at radius 3 is 2.94 bits per heavy atom. The predicted octanol–water partition coefficient (Wildman–Crippen LogP) is 2.30. The van der Waals surface area contributed by atoms with Crippen LogP contribution in [0.25, 0.3) is 11.5 Å². The predicted molar refractivity (Wildman–Crippen MR) is 67.7 cm³/mol. The summed E-state index contributed by atoms with van der Waals surface area (Å²) in [4.78, 5) is 4.27. The van der Waals surface area contributed by atoms with Crippen LogP contribution in [-0.4, -0.2) is 23.4 Å². The Labute approximate surface area is 113 Å². The molecule has 0 radical (unpaired) electrons. The van der Waals surface area contributed by atoms with Crippen LogP contribution in [0.15, 0.2) is 25.9 Å². The third kappa shape index (κ3) is 2.63. The summed E-state index contributed by atoms with van der Waals surface area (Å²) >= 11 is 3.25. The second-order valence-electron chi connectivity index (χ2n) is 4.09. The van der Waals surface area contributed by atoms with E-state index in [9.17, 15) is 0 Å². The molecule has 0 aromatic carbocycles. The second kappa shape index (κ2) is 5.21. The molecule has 0 aliphatic rings. The van der Waals surface area contributed by atoms with E-state index < -0.39 is 5.54 Å². The van der Waals surface area contributed by atoms with Gasteiger partial charge in [-0.15, -0.1) is 0 Å². The Morgan fingerprint density at radius 2 is 2.33 bits per heavy atom. The second-order valence-corrected chi connectivity index (χ2v) is 4.81. The number of nitrogens with two attached hydrogens (primary N) is 1. The molecule has 0 saturated carbocycles. The maximum atomic E-state index is 6.08. The molecule has 1 unspecified atom stereocenters. The molecule has 0 aliphatic carbocycles. The maximum Gasteiger partial charge on any atom is 0.262 e. The van der Waals surface area contributed by atoms with Crippen LogP contribution in [0.2, 0.25) is 0 Å². The molecule has 7 heteroatoms. The summed E-state index contributed by atoms with van der Waals surface area (Å²) in [6.45, 7) is 4.61. The zero-order valence-corrected chi connectivity index (χ0v) is 11.7. The number of rotatable bonds is 5. The molecule has 98 valence electrons. The Bertz CT molecular complexity index is 521. The summed E-state index contributed by atoms with van der Waals surface area (Å²) in [6, 6.07) is 1.73. The van der Waals surface area contributed by atoms with Crippen molar-refractivity contribution >= 4 is 15.9 Å². The number of hydrogen-bond donors (Lipinski definition) is 1. The fourth-order valence-corrected chi connectivity index (χ4v) is 1.80. The van der Waals surface area contributed by atoms with Crippen molar-refractivity contribution in [2.24, 2.45) is 5.73 Å². The molecule has 2 heterocycles. The van der Waals surface area contributed by atoms with Gasteiger partial charge in [-0.25, -0.2) is 0 Å². The van der Waals surface area contributed by atoms with Crippen molar-refractivity contribution < 1.29 is 13.7 Å². The van der Waals surface area contributed by atoms with Crippen molar-refractivity contribution in [1.29, 1.82) is 0 Å². The molecular weight excluding hydrogens is 302 g/mol. The Hall–Kier alpha value is -1.18. The molecule has 18 heavy (non-hydrogen) atoms. The zero-order chi connectivity index (χ0) is 13.2. The lowest BCUT2D eigenvalue weighted by molar-refractivity contribution is 0.0962. The molecule has 0 aliphatic heterocycles. The highest BCUT2D eigenvalue weighted by atomic mass is 79.9. The minimum absolute atomic E-state index is 0.328. The Kier molecular flexibility index (Phi) is 3.84. The van der Waals surface area contributed by atoms with Gasteiger partial charge in [-0.1, -0.05) is 5.16 Å². The van der Waals surface area contributed by atoms with Gasteiger partial charge in [-0.3, -0.25) is 0 Å². The molecule has 2 N–H and O–H groups in total. The average molecular weight is 316 g/mol. The van der Waals surface area contributed by atoms with Crippen molar-refractivity contribution in [2.75, 3.05) is 13.2 Å². The molecule has 0 spiro atoms. The highest BCUT2D eigenvalue weighted by molar-refractivity contribution is 9.10. The molecule has 2 aromatic rings. The molecule has 0 amide bonds. The van der Waals surface area contributed by atoms with E-state index in [1.807, 2.05) is 6.92 Å². The summed E-state index contributed by atoms with van der Waals surface area (Å²) in [5.74, 6) is 0.762. The van der Waals surface area contributed by atoms with Gasteiger partial charge in [0, 0.05) is 6.61 Å². The molecule has 1 atom stereocenters. The lowest BCUT2D eigenvalue weighted by Gasteiger charge is -2.19. The summed E-state index contributed by atoms with van der Waals surface area (Å²) in [5, 5.41) is 3.88. The van der Waals surface area contributed by atoms with Crippen molar-refractivity contribution in [3.05, 3.63) is 22.8 Å². The number of ether oxygens (including phenoxy) is 1. The number of hydrogen-bond acceptors (Lipinski definition) is 6. The van der Waals surface area contributed by atoms with Crippen LogP contribution < -0.4 is 5.73 Å². The quantitative estimate of drug-likeness (QED) is 0.911. The van der Waals surface area contributed by atoms with Gasteiger partial charge in [0.15, 0.2) is 10.5 Å². The first kappa shape index (κ1) is 13.3. The lowest BCUT2D eigenvalue weighted by Crippen LogP contribution is -2.39. The monoisotopic (exact) mass is 315 g/mol. The van der Waals surface area contributed by atoms with Crippen molar-refractivity contribution in [3.8, 4) is 11.5 Å². The van der Waals surface area contributed by atoms with Gasteiger partial charge in [0.05, 0.1) is 18.4 Å². The summed E-state index contributed by atoms with van der Waals surface area (Å²) in [5.41, 5.74) is 6.00. The van der Waals surface area contributed by atoms with Crippen LogP contribution in [0.5, 0.6) is 0 Å². The first-order valence-corrected chi connectivity index (χ1v) is 6.28. The Balaban J connectivity index is 2.23. The molecule has 6 nitrogen and oxygen atoms in total. The molecule has 2 rings (SSSR count). The van der Waals surface area contributed by atoms with Crippen LogP contribution >= 0.6 is 15.9 Å². The van der Waals surface area contributed by atoms with Gasteiger partial charge in [0.2, 0.25) is 0 Å². The molecular formula is C11H14BrN3O3. The van der Waals surface area contributed by atoms with Gasteiger partial charge in [-0.2, -0.15) is 4.98 Å². The third-order valence-corrected chi connectivity index (χ3v) is 3.01. The molecule has 0 fully saturated rings. The first-order chi connectivity index (χ1) is 8.54. The lowest BCUT2D eigenvalue weighted by atomic mass is 10.1. The van der Waals surface area contributed by atoms with Crippen LogP contribution in [0.3, 0.4) is 0 Å². The van der Waals surface area contributed by atoms with Gasteiger partial charge in [-0.05, 0) is 35.8 Å². The smallest absolute Gasteiger partial charge is 0.262 e. The number of furan rings is 1. The topological polar surface area (TPSA) is 87.3 Å². The fourth-order valence-electron chi connectivity index (χ4n) is 1.39. The molecule has 2 aromatic heterocycles. The van der Waals surface area contributed by atoms with Crippen molar-refractivity contribution in [2.45, 2.75) is 19.4 Å². The summed E-state index contributed by atoms with van der Waals surface area (Å²) in [7, 11) is 0. The summed E-state index contributed by atoms with van der Waals surface area (Å²) < 4.78 is 16.1. The number of nitrogens with zero attached hydrogens (tertiary/aromatic N) is 2. The fraction of sp³-hybridized carbons (Fsp3) is 0.455. The largest absolute Gasteiger partial charge is 0.457 e. The van der Waals surface area contributed by atoms with Crippen molar-refractivity contribution in [1.82, 2.24) is 10.1 Å². The van der Waals surface area contributed by atoms with Crippen LogP contribution in [0.4, 0.5) is 0 Å². The van der Waals surface area contributed by atoms with Crippen molar-refractivity contribution in [3.63, 3.8) is 0 Å². The van der Waals surface area contributed by atoms with E-state index in [0.29, 0.717) is 35.2 Å². The summed E-state index contributed by atoms with van der Waals surface area (Å²) in [6.07, 6.45) is 1.53. The zero-order valence-electron chi connectivity index (χ0n) is 10.1. The highest BCUT2D eigenvalue weighted by Crippen LogP contribution is 2.29. The van der Waals surface area contributed by atoms with Gasteiger partial charge in [0.1, 0.15) is 5.54 Å². The highest BCUT2D eigenvalue weighted by Gasteiger charge is 2.28. The standard InChI is InChI=1S/C11H14BrN3O3/c1-3-16-6-11(2,13)10-14-9(18-15-10)7-4-5-17-8(7)12/h4-5H,3,6,13H2,1-2H3. The normalized spacial score (nSPS) is 14.7. The van der Waals surface area contributed by atoms with Gasteiger partial charge in [0.25, 0.3) is 5.89 Å². The SMILES string of the molecule is CCOCC(C)(N)c1noc(-c2ccoc2Br)n1. The van der Waals surface area contributed by atoms with E-state index in [2.05, 4.69) is 26.1 Å². The first-order valence-electron chi connectivity index (χ1n) is 5.49. The Morgan fingerprint density at radius 1 is 1.56 bits per heavy atom. The van der Waals surface area contributed by atoms with E-state index in [-0.39, 0.29) is 0 Å². The van der Waals surface area contributed by atoms with E-state index >= 15 is 0 Å². The molecule has 0 bridgehead atoms.